The first-order valence-electron chi connectivity index (χ1n) is 8.26. The predicted molar refractivity (Wildman–Crippen MR) is 101 cm³/mol. The number of nitro groups is 1. The zero-order chi connectivity index (χ0) is 20.5. The van der Waals surface area contributed by atoms with Crippen molar-refractivity contribution in [2.24, 2.45) is 0 Å². The largest absolute Gasteiger partial charge is 0.490 e. The molecule has 0 bridgehead atoms. The van der Waals surface area contributed by atoms with Crippen molar-refractivity contribution in [3.63, 3.8) is 0 Å². The van der Waals surface area contributed by atoms with Crippen LogP contribution in [0.2, 0.25) is 0 Å². The van der Waals surface area contributed by atoms with Gasteiger partial charge in [-0.2, -0.15) is 0 Å². The van der Waals surface area contributed by atoms with Crippen LogP contribution in [0.15, 0.2) is 61.2 Å². The normalized spacial score (nSPS) is 11.0. The van der Waals surface area contributed by atoms with Crippen molar-refractivity contribution in [1.82, 2.24) is 10.9 Å². The highest BCUT2D eigenvalue weighted by Crippen LogP contribution is 2.26. The lowest BCUT2D eigenvalue weighted by atomic mass is 10.2. The lowest BCUT2D eigenvalue weighted by Crippen LogP contribution is -2.47. The van der Waals surface area contributed by atoms with Gasteiger partial charge in [0.2, 0.25) is 0 Å². The van der Waals surface area contributed by atoms with E-state index in [4.69, 9.17) is 9.47 Å². The molecule has 0 aliphatic heterocycles. The van der Waals surface area contributed by atoms with Gasteiger partial charge >= 0.3 is 5.69 Å². The second-order valence-corrected chi connectivity index (χ2v) is 5.55. The summed E-state index contributed by atoms with van der Waals surface area (Å²) in [5.74, 6) is -0.678. The molecule has 0 fully saturated rings. The van der Waals surface area contributed by atoms with Gasteiger partial charge in [-0.15, -0.1) is 0 Å². The Morgan fingerprint density at radius 1 is 1.18 bits per heavy atom. The van der Waals surface area contributed by atoms with Crippen molar-refractivity contribution in [3.8, 4) is 11.5 Å². The summed E-state index contributed by atoms with van der Waals surface area (Å²) in [6.07, 6.45) is 0.528. The monoisotopic (exact) mass is 385 g/mol. The molecule has 1 atom stereocenters. The van der Waals surface area contributed by atoms with Crippen LogP contribution in [0, 0.1) is 10.1 Å². The fourth-order valence-corrected chi connectivity index (χ4v) is 2.10. The summed E-state index contributed by atoms with van der Waals surface area (Å²) >= 11 is 0. The smallest absolute Gasteiger partial charge is 0.310 e. The summed E-state index contributed by atoms with van der Waals surface area (Å²) in [6, 6.07) is 12.0. The second kappa shape index (κ2) is 9.72. The third kappa shape index (κ3) is 5.56. The van der Waals surface area contributed by atoms with E-state index in [0.717, 1.165) is 0 Å². The van der Waals surface area contributed by atoms with E-state index in [1.165, 1.54) is 37.3 Å². The van der Waals surface area contributed by atoms with E-state index < -0.39 is 22.8 Å². The van der Waals surface area contributed by atoms with Crippen molar-refractivity contribution < 1.29 is 24.0 Å². The van der Waals surface area contributed by atoms with Gasteiger partial charge < -0.3 is 9.47 Å². The van der Waals surface area contributed by atoms with Crippen molar-refractivity contribution in [2.45, 2.75) is 13.0 Å². The number of nitrogens with one attached hydrogen (secondary N) is 2. The Kier molecular flexibility index (Phi) is 7.09. The molecule has 2 rings (SSSR count). The molecule has 0 saturated heterocycles. The van der Waals surface area contributed by atoms with Crippen LogP contribution in [-0.4, -0.2) is 29.4 Å². The summed E-state index contributed by atoms with van der Waals surface area (Å²) in [7, 11) is 0. The summed E-state index contributed by atoms with van der Waals surface area (Å²) in [6.45, 7) is 5.30. The first-order chi connectivity index (χ1) is 13.4. The number of carbonyl (C=O) groups is 2. The Hall–Kier alpha value is -3.88. The number of nitro benzene ring substituents is 1. The fraction of sp³-hybridized carbons (Fsp3) is 0.158. The van der Waals surface area contributed by atoms with E-state index in [1.807, 2.05) is 0 Å². The topological polar surface area (TPSA) is 120 Å². The van der Waals surface area contributed by atoms with Crippen LogP contribution in [0.5, 0.6) is 11.5 Å². The van der Waals surface area contributed by atoms with E-state index in [9.17, 15) is 19.7 Å². The molecule has 2 aromatic rings. The minimum atomic E-state index is -1.07. The van der Waals surface area contributed by atoms with Crippen LogP contribution in [0.25, 0.3) is 0 Å². The number of carbonyl (C=O) groups excluding carboxylic acids is 2. The minimum Gasteiger partial charge on any atom is -0.490 e. The van der Waals surface area contributed by atoms with Gasteiger partial charge in [-0.25, -0.2) is 0 Å². The lowest BCUT2D eigenvalue weighted by Gasteiger charge is -2.15. The van der Waals surface area contributed by atoms with E-state index in [1.54, 1.807) is 24.3 Å². The molecule has 0 spiro atoms. The van der Waals surface area contributed by atoms with Crippen LogP contribution in [-0.2, 0) is 4.79 Å². The maximum atomic E-state index is 12.1. The number of hydrogen-bond acceptors (Lipinski definition) is 6. The number of ether oxygens (including phenoxy) is 2. The van der Waals surface area contributed by atoms with Crippen LogP contribution in [0.1, 0.15) is 17.3 Å². The number of benzene rings is 2. The molecule has 0 aliphatic carbocycles. The van der Waals surface area contributed by atoms with Gasteiger partial charge in [-0.3, -0.25) is 30.6 Å². The number of hydrazine groups is 1. The summed E-state index contributed by atoms with van der Waals surface area (Å²) in [5.41, 5.74) is 4.52. The van der Waals surface area contributed by atoms with Gasteiger partial charge in [-0.1, -0.05) is 24.8 Å². The van der Waals surface area contributed by atoms with Gasteiger partial charge in [0.1, 0.15) is 12.4 Å². The number of rotatable bonds is 8. The van der Waals surface area contributed by atoms with Gasteiger partial charge in [0.15, 0.2) is 11.9 Å². The number of amides is 2. The molecule has 2 N–H and O–H groups in total. The van der Waals surface area contributed by atoms with E-state index >= 15 is 0 Å². The van der Waals surface area contributed by atoms with Crippen molar-refractivity contribution in [3.05, 3.63) is 76.9 Å². The molecule has 2 aromatic carbocycles. The van der Waals surface area contributed by atoms with Gasteiger partial charge in [0.25, 0.3) is 11.8 Å². The quantitative estimate of drug-likeness (QED) is 0.409. The van der Waals surface area contributed by atoms with Crippen molar-refractivity contribution >= 4 is 17.5 Å². The van der Waals surface area contributed by atoms with Gasteiger partial charge in [0.05, 0.1) is 4.92 Å². The Morgan fingerprint density at radius 3 is 2.50 bits per heavy atom. The molecule has 2 amide bonds. The van der Waals surface area contributed by atoms with Crippen molar-refractivity contribution in [1.29, 1.82) is 0 Å². The average molecular weight is 385 g/mol. The van der Waals surface area contributed by atoms with Crippen LogP contribution < -0.4 is 20.3 Å². The zero-order valence-corrected chi connectivity index (χ0v) is 15.1. The molecule has 9 heteroatoms. The molecular weight excluding hydrogens is 366 g/mol. The minimum absolute atomic E-state index is 0.0448. The third-order valence-electron chi connectivity index (χ3n) is 3.52. The van der Waals surface area contributed by atoms with E-state index in [-0.39, 0.29) is 11.4 Å². The summed E-state index contributed by atoms with van der Waals surface area (Å²) < 4.78 is 10.6. The number of nitrogens with zero attached hydrogens (tertiary/aromatic N) is 1. The zero-order valence-electron chi connectivity index (χ0n) is 15.1. The molecule has 0 heterocycles. The molecule has 28 heavy (non-hydrogen) atoms. The predicted octanol–water partition coefficient (Wildman–Crippen LogP) is 2.39. The molecule has 0 aromatic heterocycles. The molecule has 146 valence electrons. The molecular formula is C19H19N3O6. The van der Waals surface area contributed by atoms with Crippen LogP contribution >= 0.6 is 0 Å². The highest BCUT2D eigenvalue weighted by atomic mass is 16.6. The Morgan fingerprint density at radius 2 is 1.86 bits per heavy atom. The Bertz CT molecular complexity index is 866. The first kappa shape index (κ1) is 20.4. The maximum absolute atomic E-state index is 12.1. The molecule has 0 radical (unpaired) electrons. The second-order valence-electron chi connectivity index (χ2n) is 5.55. The van der Waals surface area contributed by atoms with Gasteiger partial charge in [-0.05, 0) is 37.3 Å². The SMILES string of the molecule is C=CCOc1ccc(C(=O)NNC(=O)[C@@H](C)Oc2ccccc2[N+](=O)[O-])cc1. The number of para-hydroxylation sites is 2. The van der Waals surface area contributed by atoms with Crippen molar-refractivity contribution in [2.75, 3.05) is 6.61 Å². The molecule has 0 unspecified atom stereocenters. The Labute approximate surface area is 161 Å². The third-order valence-corrected chi connectivity index (χ3v) is 3.52. The van der Waals surface area contributed by atoms with E-state index in [0.29, 0.717) is 17.9 Å². The summed E-state index contributed by atoms with van der Waals surface area (Å²) in [5, 5.41) is 11.0. The molecule has 9 nitrogen and oxygen atoms in total. The maximum Gasteiger partial charge on any atom is 0.310 e. The average Bonchev–Trinajstić information content (AvgIpc) is 2.70. The molecule has 0 saturated carbocycles. The molecule has 0 aliphatic rings. The van der Waals surface area contributed by atoms with Crippen LogP contribution in [0.3, 0.4) is 0 Å². The lowest BCUT2D eigenvalue weighted by molar-refractivity contribution is -0.386. The summed E-state index contributed by atoms with van der Waals surface area (Å²) in [4.78, 5) is 34.5. The fourth-order valence-electron chi connectivity index (χ4n) is 2.10. The number of hydrogen-bond donors (Lipinski definition) is 2. The van der Waals surface area contributed by atoms with Crippen LogP contribution in [0.4, 0.5) is 5.69 Å². The highest BCUT2D eigenvalue weighted by molar-refractivity contribution is 5.95. The highest BCUT2D eigenvalue weighted by Gasteiger charge is 2.21. The van der Waals surface area contributed by atoms with Gasteiger partial charge in [0, 0.05) is 11.6 Å². The Balaban J connectivity index is 1.89. The standard InChI is InChI=1S/C19H19N3O6/c1-3-12-27-15-10-8-14(9-11-15)19(24)21-20-18(23)13(2)28-17-7-5-4-6-16(17)22(25)26/h3-11,13H,1,12H2,2H3,(H,20,23)(H,21,24)/t13-/m1/s1. The first-order valence-corrected chi connectivity index (χ1v) is 8.26. The van der Waals surface area contributed by atoms with E-state index in [2.05, 4.69) is 17.4 Å².